The van der Waals surface area contributed by atoms with Crippen LogP contribution in [0.2, 0.25) is 0 Å². The lowest BCUT2D eigenvalue weighted by molar-refractivity contribution is -0.153. The number of hydrogen-bond acceptors (Lipinski definition) is 4. The summed E-state index contributed by atoms with van der Waals surface area (Å²) in [5.41, 5.74) is 1.89. The summed E-state index contributed by atoms with van der Waals surface area (Å²) >= 11 is 0. The molecule has 0 amide bonds. The van der Waals surface area contributed by atoms with Crippen LogP contribution in [-0.2, 0) is 19.1 Å². The zero-order valence-electron chi connectivity index (χ0n) is 11.3. The number of esters is 2. The molecule has 20 heavy (non-hydrogen) atoms. The van der Waals surface area contributed by atoms with E-state index >= 15 is 0 Å². The monoisotopic (exact) mass is 272 g/mol. The number of benzene rings is 1. The van der Waals surface area contributed by atoms with Gasteiger partial charge in [0.1, 0.15) is 0 Å². The number of carbonyl (C=O) groups excluding carboxylic acids is 2. The van der Waals surface area contributed by atoms with Crippen LogP contribution in [-0.4, -0.2) is 19.0 Å². The van der Waals surface area contributed by atoms with Gasteiger partial charge in [-0.3, -0.25) is 4.79 Å². The molecular formula is C16H16O4. The Kier molecular flexibility index (Phi) is 3.30. The molecule has 0 spiro atoms. The smallest absolute Gasteiger partial charge is 0.374 e. The van der Waals surface area contributed by atoms with Crippen LogP contribution in [0.25, 0.3) is 0 Å². The van der Waals surface area contributed by atoms with Gasteiger partial charge >= 0.3 is 11.9 Å². The molecule has 1 aromatic carbocycles. The highest BCUT2D eigenvalue weighted by Crippen LogP contribution is 2.46. The van der Waals surface area contributed by atoms with Crippen molar-refractivity contribution in [2.75, 3.05) is 7.11 Å². The van der Waals surface area contributed by atoms with Crippen molar-refractivity contribution in [2.24, 2.45) is 5.92 Å². The number of rotatable bonds is 2. The molecular weight excluding hydrogens is 256 g/mol. The van der Waals surface area contributed by atoms with Gasteiger partial charge in [-0.25, -0.2) is 4.79 Å². The van der Waals surface area contributed by atoms with Gasteiger partial charge in [0.15, 0.2) is 0 Å². The predicted octanol–water partition coefficient (Wildman–Crippen LogP) is 2.55. The minimum Gasteiger partial charge on any atom is -0.463 e. The van der Waals surface area contributed by atoms with Crippen LogP contribution >= 0.6 is 0 Å². The third-order valence-electron chi connectivity index (χ3n) is 4.09. The topological polar surface area (TPSA) is 52.6 Å². The van der Waals surface area contributed by atoms with Crippen LogP contribution in [0.5, 0.6) is 0 Å². The van der Waals surface area contributed by atoms with Crippen molar-refractivity contribution in [3.63, 3.8) is 0 Å². The van der Waals surface area contributed by atoms with Gasteiger partial charge in [-0.1, -0.05) is 30.3 Å². The third kappa shape index (κ3) is 2.01. The SMILES string of the molecule is COC(=O)C1=C2CCC[C@H]2[C@@H](c2ccccc2)C(=O)O1. The molecule has 1 saturated carbocycles. The maximum atomic E-state index is 12.3. The highest BCUT2D eigenvalue weighted by atomic mass is 16.6. The molecule has 1 fully saturated rings. The van der Waals surface area contributed by atoms with Crippen LogP contribution in [0.4, 0.5) is 0 Å². The maximum Gasteiger partial charge on any atom is 0.374 e. The summed E-state index contributed by atoms with van der Waals surface area (Å²) in [4.78, 5) is 24.0. The molecule has 0 bridgehead atoms. The van der Waals surface area contributed by atoms with E-state index in [9.17, 15) is 9.59 Å². The Morgan fingerprint density at radius 3 is 2.75 bits per heavy atom. The highest BCUT2D eigenvalue weighted by Gasteiger charge is 2.44. The molecule has 1 aliphatic carbocycles. The van der Waals surface area contributed by atoms with Gasteiger partial charge in [-0.05, 0) is 30.4 Å². The Balaban J connectivity index is 2.03. The molecule has 2 atom stereocenters. The van der Waals surface area contributed by atoms with E-state index in [4.69, 9.17) is 9.47 Å². The van der Waals surface area contributed by atoms with E-state index in [-0.39, 0.29) is 23.6 Å². The van der Waals surface area contributed by atoms with Crippen LogP contribution in [0.15, 0.2) is 41.7 Å². The van der Waals surface area contributed by atoms with Gasteiger partial charge in [0.05, 0.1) is 13.0 Å². The standard InChI is InChI=1S/C16H16O4/c1-19-16(18)14-12-9-5-8-11(12)13(15(17)20-14)10-6-3-2-4-7-10/h2-4,6-7,11,13H,5,8-9H2,1H3/t11-,13-/m1/s1. The number of cyclic esters (lactones) is 1. The summed E-state index contributed by atoms with van der Waals surface area (Å²) in [5.74, 6) is -1.03. The second-order valence-electron chi connectivity index (χ2n) is 5.15. The molecule has 0 unspecified atom stereocenters. The van der Waals surface area contributed by atoms with E-state index in [0.29, 0.717) is 0 Å². The second kappa shape index (κ2) is 5.12. The Hall–Kier alpha value is -2.10. The average Bonchev–Trinajstić information content (AvgIpc) is 2.95. The van der Waals surface area contributed by atoms with Crippen molar-refractivity contribution in [1.29, 1.82) is 0 Å². The molecule has 4 heteroatoms. The van der Waals surface area contributed by atoms with Gasteiger partial charge in [0.25, 0.3) is 0 Å². The first-order valence-corrected chi connectivity index (χ1v) is 6.80. The Morgan fingerprint density at radius 2 is 2.05 bits per heavy atom. The van der Waals surface area contributed by atoms with Crippen molar-refractivity contribution < 1.29 is 19.1 Å². The zero-order valence-corrected chi connectivity index (χ0v) is 11.3. The average molecular weight is 272 g/mol. The molecule has 1 aromatic rings. The predicted molar refractivity (Wildman–Crippen MR) is 71.7 cm³/mol. The molecule has 104 valence electrons. The van der Waals surface area contributed by atoms with Crippen LogP contribution < -0.4 is 0 Å². The number of carbonyl (C=O) groups is 2. The molecule has 0 N–H and O–H groups in total. The van der Waals surface area contributed by atoms with Crippen molar-refractivity contribution in [3.8, 4) is 0 Å². The number of allylic oxidation sites excluding steroid dienone is 1. The second-order valence-corrected chi connectivity index (χ2v) is 5.15. The molecule has 1 aliphatic heterocycles. The summed E-state index contributed by atoms with van der Waals surface area (Å²) < 4.78 is 10.00. The summed E-state index contributed by atoms with van der Waals surface area (Å²) in [7, 11) is 1.30. The first kappa shape index (κ1) is 12.9. The van der Waals surface area contributed by atoms with Gasteiger partial charge in [-0.2, -0.15) is 0 Å². The van der Waals surface area contributed by atoms with Crippen LogP contribution in [0.1, 0.15) is 30.7 Å². The summed E-state index contributed by atoms with van der Waals surface area (Å²) in [6, 6.07) is 9.62. The summed E-state index contributed by atoms with van der Waals surface area (Å²) in [5, 5.41) is 0. The van der Waals surface area contributed by atoms with Crippen molar-refractivity contribution in [2.45, 2.75) is 25.2 Å². The summed E-state index contributed by atoms with van der Waals surface area (Å²) in [6.45, 7) is 0. The van der Waals surface area contributed by atoms with Gasteiger partial charge < -0.3 is 9.47 Å². The first-order chi connectivity index (χ1) is 9.72. The molecule has 0 saturated heterocycles. The number of hydrogen-bond donors (Lipinski definition) is 0. The van der Waals surface area contributed by atoms with E-state index in [1.165, 1.54) is 7.11 Å². The van der Waals surface area contributed by atoms with E-state index in [1.807, 2.05) is 30.3 Å². The van der Waals surface area contributed by atoms with E-state index in [1.54, 1.807) is 0 Å². The quantitative estimate of drug-likeness (QED) is 0.776. The minimum atomic E-state index is -0.549. The van der Waals surface area contributed by atoms with Gasteiger partial charge in [-0.15, -0.1) is 0 Å². The molecule has 0 aromatic heterocycles. The van der Waals surface area contributed by atoms with Gasteiger partial charge in [0, 0.05) is 5.92 Å². The lowest BCUT2D eigenvalue weighted by atomic mass is 9.80. The Morgan fingerprint density at radius 1 is 1.30 bits per heavy atom. The molecule has 3 rings (SSSR count). The highest BCUT2D eigenvalue weighted by molar-refractivity contribution is 5.94. The maximum absolute atomic E-state index is 12.3. The largest absolute Gasteiger partial charge is 0.463 e. The fourth-order valence-electron chi connectivity index (χ4n) is 3.21. The summed E-state index contributed by atoms with van der Waals surface area (Å²) in [6.07, 6.45) is 2.68. The Bertz CT molecular complexity index is 573. The van der Waals surface area contributed by atoms with Gasteiger partial charge in [0.2, 0.25) is 5.76 Å². The van der Waals surface area contributed by atoms with Crippen molar-refractivity contribution >= 4 is 11.9 Å². The van der Waals surface area contributed by atoms with Crippen LogP contribution in [0, 0.1) is 5.92 Å². The molecule has 4 nitrogen and oxygen atoms in total. The number of ether oxygens (including phenoxy) is 2. The first-order valence-electron chi connectivity index (χ1n) is 6.80. The normalized spacial score (nSPS) is 25.1. The zero-order chi connectivity index (χ0) is 14.1. The third-order valence-corrected chi connectivity index (χ3v) is 4.09. The lowest BCUT2D eigenvalue weighted by Gasteiger charge is -2.29. The number of fused-ring (bicyclic) bond motifs is 1. The number of methoxy groups -OCH3 is 1. The van der Waals surface area contributed by atoms with Crippen LogP contribution in [0.3, 0.4) is 0 Å². The molecule has 1 heterocycles. The van der Waals surface area contributed by atoms with E-state index < -0.39 is 5.97 Å². The molecule has 2 aliphatic rings. The Labute approximate surface area is 117 Å². The lowest BCUT2D eigenvalue weighted by Crippen LogP contribution is -2.31. The van der Waals surface area contributed by atoms with E-state index in [2.05, 4.69) is 0 Å². The van der Waals surface area contributed by atoms with E-state index in [0.717, 1.165) is 30.4 Å². The fourth-order valence-corrected chi connectivity index (χ4v) is 3.21. The minimum absolute atomic E-state index is 0.0627. The van der Waals surface area contributed by atoms with Crippen molar-refractivity contribution in [1.82, 2.24) is 0 Å². The fraction of sp³-hybridized carbons (Fsp3) is 0.375. The molecule has 0 radical (unpaired) electrons. The van der Waals surface area contributed by atoms with Crippen molar-refractivity contribution in [3.05, 3.63) is 47.2 Å².